The molecule has 1 unspecified atom stereocenters. The van der Waals surface area contributed by atoms with Crippen LogP contribution in [0.2, 0.25) is 0 Å². The van der Waals surface area contributed by atoms with Gasteiger partial charge in [0.1, 0.15) is 11.6 Å². The topological polar surface area (TPSA) is 20.2 Å². The van der Waals surface area contributed by atoms with E-state index >= 15 is 0 Å². The van der Waals surface area contributed by atoms with Crippen LogP contribution >= 0.6 is 0 Å². The quantitative estimate of drug-likeness (QED) is 0.790. The Balaban J connectivity index is 2.07. The van der Waals surface area contributed by atoms with Gasteiger partial charge < -0.3 is 5.11 Å². The fourth-order valence-electron chi connectivity index (χ4n) is 1.56. The van der Waals surface area contributed by atoms with E-state index in [2.05, 4.69) is 0 Å². The van der Waals surface area contributed by atoms with E-state index in [4.69, 9.17) is 0 Å². The molecule has 1 aliphatic carbocycles. The maximum Gasteiger partial charge on any atom is 0.129 e. The molecular weight excluding hydrogens is 186 g/mol. The van der Waals surface area contributed by atoms with Gasteiger partial charge in [-0.2, -0.15) is 0 Å². The average molecular weight is 198 g/mol. The summed E-state index contributed by atoms with van der Waals surface area (Å²) in [4.78, 5) is 0. The molecule has 76 valence electrons. The Kier molecular flexibility index (Phi) is 2.50. The molecule has 1 nitrogen and oxygen atoms in total. The van der Waals surface area contributed by atoms with Crippen molar-refractivity contribution in [1.29, 1.82) is 0 Å². The van der Waals surface area contributed by atoms with E-state index < -0.39 is 17.7 Å². The van der Waals surface area contributed by atoms with Crippen molar-refractivity contribution in [2.24, 2.45) is 5.92 Å². The van der Waals surface area contributed by atoms with Crippen LogP contribution in [-0.4, -0.2) is 11.2 Å². The van der Waals surface area contributed by atoms with Gasteiger partial charge in [0.25, 0.3) is 0 Å². The summed E-state index contributed by atoms with van der Waals surface area (Å²) in [6.07, 6.45) is 1.85. The van der Waals surface area contributed by atoms with Crippen LogP contribution in [0.3, 0.4) is 0 Å². The second-order valence-electron chi connectivity index (χ2n) is 3.84. The van der Waals surface area contributed by atoms with Gasteiger partial charge in [-0.3, -0.25) is 0 Å². The largest absolute Gasteiger partial charge is 0.392 e. The second-order valence-corrected chi connectivity index (χ2v) is 3.84. The van der Waals surface area contributed by atoms with Gasteiger partial charge in [0.05, 0.1) is 6.10 Å². The normalized spacial score (nSPS) is 18.2. The summed E-state index contributed by atoms with van der Waals surface area (Å²) in [5.41, 5.74) is 0.394. The first-order valence-electron chi connectivity index (χ1n) is 4.79. The lowest BCUT2D eigenvalue weighted by Crippen LogP contribution is -2.13. The SMILES string of the molecule is OC(Cc1ccc(F)cc1F)C1CC1. The number of hydrogen-bond acceptors (Lipinski definition) is 1. The molecule has 0 amide bonds. The minimum atomic E-state index is -0.577. The summed E-state index contributed by atoms with van der Waals surface area (Å²) >= 11 is 0. The molecule has 0 heterocycles. The number of rotatable bonds is 3. The van der Waals surface area contributed by atoms with Crippen molar-refractivity contribution in [2.75, 3.05) is 0 Å². The van der Waals surface area contributed by atoms with Gasteiger partial charge in [-0.05, 0) is 30.4 Å². The van der Waals surface area contributed by atoms with E-state index in [-0.39, 0.29) is 6.42 Å². The van der Waals surface area contributed by atoms with Crippen LogP contribution in [0.15, 0.2) is 18.2 Å². The van der Waals surface area contributed by atoms with E-state index in [0.29, 0.717) is 11.5 Å². The highest BCUT2D eigenvalue weighted by molar-refractivity contribution is 5.19. The molecule has 1 aromatic carbocycles. The highest BCUT2D eigenvalue weighted by Crippen LogP contribution is 2.34. The molecule has 1 saturated carbocycles. The van der Waals surface area contributed by atoms with Crippen molar-refractivity contribution >= 4 is 0 Å². The smallest absolute Gasteiger partial charge is 0.129 e. The molecule has 1 N–H and O–H groups in total. The molecule has 0 saturated heterocycles. The van der Waals surface area contributed by atoms with Crippen molar-refractivity contribution in [2.45, 2.75) is 25.4 Å². The molecule has 1 aliphatic rings. The minimum Gasteiger partial charge on any atom is -0.392 e. The Morgan fingerprint density at radius 1 is 1.36 bits per heavy atom. The Morgan fingerprint density at radius 2 is 2.07 bits per heavy atom. The predicted octanol–water partition coefficient (Wildman–Crippen LogP) is 2.28. The van der Waals surface area contributed by atoms with Crippen LogP contribution in [-0.2, 0) is 6.42 Å². The summed E-state index contributed by atoms with van der Waals surface area (Å²) in [5.74, 6) is -0.823. The lowest BCUT2D eigenvalue weighted by atomic mass is 10.0. The fraction of sp³-hybridized carbons (Fsp3) is 0.455. The molecule has 1 aromatic rings. The lowest BCUT2D eigenvalue weighted by Gasteiger charge is -2.09. The van der Waals surface area contributed by atoms with E-state index in [1.54, 1.807) is 0 Å². The van der Waals surface area contributed by atoms with E-state index in [1.165, 1.54) is 12.1 Å². The third kappa shape index (κ3) is 2.10. The zero-order chi connectivity index (χ0) is 10.1. The zero-order valence-corrected chi connectivity index (χ0v) is 7.71. The van der Waals surface area contributed by atoms with Crippen LogP contribution in [0, 0.1) is 17.6 Å². The summed E-state index contributed by atoms with van der Waals surface area (Å²) in [6.45, 7) is 0. The summed E-state index contributed by atoms with van der Waals surface area (Å²) in [7, 11) is 0. The van der Waals surface area contributed by atoms with Gasteiger partial charge in [0.15, 0.2) is 0 Å². The zero-order valence-electron chi connectivity index (χ0n) is 7.71. The molecule has 1 fully saturated rings. The number of aliphatic hydroxyl groups excluding tert-OH is 1. The molecule has 0 spiro atoms. The lowest BCUT2D eigenvalue weighted by molar-refractivity contribution is 0.150. The van der Waals surface area contributed by atoms with Crippen molar-refractivity contribution in [3.05, 3.63) is 35.4 Å². The van der Waals surface area contributed by atoms with Crippen LogP contribution in [0.25, 0.3) is 0 Å². The third-order valence-corrected chi connectivity index (χ3v) is 2.61. The first-order valence-corrected chi connectivity index (χ1v) is 4.79. The predicted molar refractivity (Wildman–Crippen MR) is 48.8 cm³/mol. The monoisotopic (exact) mass is 198 g/mol. The van der Waals surface area contributed by atoms with Crippen molar-refractivity contribution in [3.8, 4) is 0 Å². The summed E-state index contributed by atoms with van der Waals surface area (Å²) in [5, 5.41) is 9.58. The molecule has 0 bridgehead atoms. The molecule has 0 aliphatic heterocycles. The van der Waals surface area contributed by atoms with Crippen LogP contribution in [0.5, 0.6) is 0 Å². The Morgan fingerprint density at radius 3 is 2.64 bits per heavy atom. The Hall–Kier alpha value is -0.960. The second kappa shape index (κ2) is 3.65. The Bertz CT molecular complexity index is 334. The minimum absolute atomic E-state index is 0.288. The van der Waals surface area contributed by atoms with Crippen molar-refractivity contribution in [1.82, 2.24) is 0 Å². The van der Waals surface area contributed by atoms with Gasteiger partial charge in [-0.15, -0.1) is 0 Å². The van der Waals surface area contributed by atoms with Crippen LogP contribution in [0.4, 0.5) is 8.78 Å². The van der Waals surface area contributed by atoms with Gasteiger partial charge in [-0.1, -0.05) is 6.07 Å². The molecule has 3 heteroatoms. The highest BCUT2D eigenvalue weighted by atomic mass is 19.1. The van der Waals surface area contributed by atoms with Gasteiger partial charge in [0, 0.05) is 12.5 Å². The fourth-order valence-corrected chi connectivity index (χ4v) is 1.56. The van der Waals surface area contributed by atoms with Gasteiger partial charge >= 0.3 is 0 Å². The highest BCUT2D eigenvalue weighted by Gasteiger charge is 2.30. The van der Waals surface area contributed by atoms with E-state index in [0.717, 1.165) is 18.9 Å². The summed E-state index contributed by atoms with van der Waals surface area (Å²) in [6, 6.07) is 3.48. The first-order chi connectivity index (χ1) is 6.66. The van der Waals surface area contributed by atoms with Crippen LogP contribution in [0.1, 0.15) is 18.4 Å². The van der Waals surface area contributed by atoms with Crippen molar-refractivity contribution in [3.63, 3.8) is 0 Å². The number of benzene rings is 1. The molecular formula is C11H12F2O. The summed E-state index contributed by atoms with van der Waals surface area (Å²) < 4.78 is 25.7. The third-order valence-electron chi connectivity index (χ3n) is 2.61. The average Bonchev–Trinajstić information content (AvgIpc) is 2.92. The van der Waals surface area contributed by atoms with Crippen LogP contribution < -0.4 is 0 Å². The van der Waals surface area contributed by atoms with Gasteiger partial charge in [-0.25, -0.2) is 8.78 Å². The molecule has 1 atom stereocenters. The maximum atomic E-state index is 13.1. The van der Waals surface area contributed by atoms with Crippen molar-refractivity contribution < 1.29 is 13.9 Å². The number of aliphatic hydroxyl groups is 1. The van der Waals surface area contributed by atoms with E-state index in [9.17, 15) is 13.9 Å². The number of halogens is 2. The first kappa shape index (κ1) is 9.59. The standard InChI is InChI=1S/C11H12F2O/c12-9-4-3-8(10(13)6-9)5-11(14)7-1-2-7/h3-4,6-7,11,14H,1-2,5H2. The van der Waals surface area contributed by atoms with E-state index in [1.807, 2.05) is 0 Å². The molecule has 0 aromatic heterocycles. The molecule has 14 heavy (non-hydrogen) atoms. The van der Waals surface area contributed by atoms with Gasteiger partial charge in [0.2, 0.25) is 0 Å². The number of hydrogen-bond donors (Lipinski definition) is 1. The maximum absolute atomic E-state index is 13.1. The molecule has 2 rings (SSSR count). The molecule has 0 radical (unpaired) electrons. The Labute approximate surface area is 81.4 Å².